The fraction of sp³-hybridized carbons (Fsp3) is 0.389. The lowest BCUT2D eigenvalue weighted by Gasteiger charge is -2.32. The van der Waals surface area contributed by atoms with Crippen LogP contribution in [0.3, 0.4) is 0 Å². The monoisotopic (exact) mass is 423 g/mol. The minimum atomic E-state index is -1.42. The molecule has 0 saturated carbocycles. The number of anilines is 1. The molecule has 5 nitrogen and oxygen atoms in total. The first-order valence-corrected chi connectivity index (χ1v) is 12.9. The first-order chi connectivity index (χ1) is 13.0. The predicted octanol–water partition coefficient (Wildman–Crippen LogP) is 5.45. The summed E-state index contributed by atoms with van der Waals surface area (Å²) >= 11 is 12.8. The highest BCUT2D eigenvalue weighted by molar-refractivity contribution is 6.79. The molecule has 9 heteroatoms. The molecule has 1 aliphatic rings. The van der Waals surface area contributed by atoms with Gasteiger partial charge < -0.3 is 5.32 Å². The number of nitrogens with one attached hydrogen (secondary N) is 1. The normalized spacial score (nSPS) is 16.6. The Bertz CT molecular complexity index is 967. The van der Waals surface area contributed by atoms with Gasteiger partial charge in [0.05, 0.1) is 18.7 Å². The summed E-state index contributed by atoms with van der Waals surface area (Å²) in [6.07, 6.45) is 6.16. The van der Waals surface area contributed by atoms with E-state index < -0.39 is 13.9 Å². The summed E-state index contributed by atoms with van der Waals surface area (Å²) in [5.41, 5.74) is 0.651. The largest absolute Gasteiger partial charge is 0.372 e. The molecule has 1 N–H and O–H groups in total. The van der Waals surface area contributed by atoms with Crippen molar-refractivity contribution in [1.29, 1.82) is 0 Å². The smallest absolute Gasteiger partial charge is 0.255 e. The SMILES string of the molecule is C[Si]1(CNc2c(-c3c(F)cccc3Cl)c(Cl)nc3ncnn23)CCCCC1. The highest BCUT2D eigenvalue weighted by Gasteiger charge is 2.30. The number of aromatic nitrogens is 4. The van der Waals surface area contributed by atoms with E-state index in [2.05, 4.69) is 26.9 Å². The van der Waals surface area contributed by atoms with E-state index in [1.165, 1.54) is 43.7 Å². The molecule has 1 saturated heterocycles. The third kappa shape index (κ3) is 3.55. The Morgan fingerprint density at radius 3 is 2.70 bits per heavy atom. The van der Waals surface area contributed by atoms with E-state index in [1.54, 1.807) is 16.6 Å². The van der Waals surface area contributed by atoms with Gasteiger partial charge in [-0.25, -0.2) is 4.39 Å². The molecular formula is C18H20Cl2FN5Si. The maximum atomic E-state index is 14.7. The van der Waals surface area contributed by atoms with Crippen LogP contribution in [0.4, 0.5) is 10.2 Å². The number of benzene rings is 1. The Labute approximate surface area is 167 Å². The fourth-order valence-electron chi connectivity index (χ4n) is 3.82. The standard InChI is InChI=1S/C18H20Cl2FN5Si/c1-27(8-3-2-4-9-27)11-23-17-15(14-12(19)6-5-7-13(14)21)16(20)25-18-22-10-24-26(17)18/h5-7,10,23H,2-4,8-9,11H2,1H3. The fourth-order valence-corrected chi connectivity index (χ4v) is 7.74. The second-order valence-electron chi connectivity index (χ2n) is 7.42. The van der Waals surface area contributed by atoms with E-state index in [0.717, 1.165) is 6.17 Å². The number of fused-ring (bicyclic) bond motifs is 1. The summed E-state index contributed by atoms with van der Waals surface area (Å²) in [6.45, 7) is 2.41. The minimum Gasteiger partial charge on any atom is -0.372 e. The molecule has 27 heavy (non-hydrogen) atoms. The summed E-state index contributed by atoms with van der Waals surface area (Å²) in [6, 6.07) is 7.15. The average Bonchev–Trinajstić information content (AvgIpc) is 3.09. The molecule has 3 aromatic rings. The van der Waals surface area contributed by atoms with Gasteiger partial charge in [0.25, 0.3) is 5.78 Å². The number of nitrogens with zero attached hydrogens (tertiary/aromatic N) is 4. The van der Waals surface area contributed by atoms with Crippen LogP contribution < -0.4 is 5.32 Å². The van der Waals surface area contributed by atoms with Crippen molar-refractivity contribution in [3.8, 4) is 11.1 Å². The lowest BCUT2D eigenvalue weighted by atomic mass is 10.1. The van der Waals surface area contributed by atoms with Crippen molar-refractivity contribution >= 4 is 42.9 Å². The quantitative estimate of drug-likeness (QED) is 0.447. The molecule has 0 amide bonds. The van der Waals surface area contributed by atoms with Crippen molar-refractivity contribution in [2.45, 2.75) is 37.9 Å². The zero-order chi connectivity index (χ0) is 19.0. The third-order valence-electron chi connectivity index (χ3n) is 5.34. The van der Waals surface area contributed by atoms with Gasteiger partial charge in [0, 0.05) is 11.7 Å². The molecule has 2 aromatic heterocycles. The van der Waals surface area contributed by atoms with E-state index >= 15 is 0 Å². The van der Waals surface area contributed by atoms with E-state index in [-0.39, 0.29) is 15.7 Å². The summed E-state index contributed by atoms with van der Waals surface area (Å²) in [5, 5.41) is 8.22. The van der Waals surface area contributed by atoms with Gasteiger partial charge in [-0.3, -0.25) is 0 Å². The lowest BCUT2D eigenvalue weighted by molar-refractivity contribution is 0.631. The molecule has 4 rings (SSSR count). The molecule has 142 valence electrons. The van der Waals surface area contributed by atoms with E-state index in [0.29, 0.717) is 17.2 Å². The molecular weight excluding hydrogens is 404 g/mol. The predicted molar refractivity (Wildman–Crippen MR) is 110 cm³/mol. The molecule has 0 radical (unpaired) electrons. The summed E-state index contributed by atoms with van der Waals surface area (Å²) in [7, 11) is -1.42. The van der Waals surface area contributed by atoms with Gasteiger partial charge in [-0.1, -0.05) is 67.2 Å². The van der Waals surface area contributed by atoms with Crippen LogP contribution in [-0.4, -0.2) is 33.8 Å². The number of hydrogen-bond acceptors (Lipinski definition) is 4. The first kappa shape index (κ1) is 18.7. The molecule has 0 aliphatic carbocycles. The molecule has 1 aromatic carbocycles. The molecule has 1 aliphatic heterocycles. The topological polar surface area (TPSA) is 55.1 Å². The summed E-state index contributed by atoms with van der Waals surface area (Å²) in [5.74, 6) is 0.512. The van der Waals surface area contributed by atoms with Crippen LogP contribution in [0.5, 0.6) is 0 Å². The first-order valence-electron chi connectivity index (χ1n) is 9.06. The number of rotatable bonds is 4. The summed E-state index contributed by atoms with van der Waals surface area (Å²) < 4.78 is 16.2. The van der Waals surface area contributed by atoms with E-state index in [4.69, 9.17) is 23.2 Å². The summed E-state index contributed by atoms with van der Waals surface area (Å²) in [4.78, 5) is 8.40. The molecule has 0 unspecified atom stereocenters. The highest BCUT2D eigenvalue weighted by atomic mass is 35.5. The second-order valence-corrected chi connectivity index (χ2v) is 13.2. The zero-order valence-corrected chi connectivity index (χ0v) is 17.5. The van der Waals surface area contributed by atoms with Crippen molar-refractivity contribution in [3.63, 3.8) is 0 Å². The van der Waals surface area contributed by atoms with Crippen LogP contribution >= 0.6 is 23.2 Å². The van der Waals surface area contributed by atoms with Crippen molar-refractivity contribution in [1.82, 2.24) is 19.6 Å². The van der Waals surface area contributed by atoms with Gasteiger partial charge >= 0.3 is 0 Å². The van der Waals surface area contributed by atoms with E-state index in [9.17, 15) is 4.39 Å². The van der Waals surface area contributed by atoms with Crippen LogP contribution in [0.1, 0.15) is 19.3 Å². The molecule has 0 bridgehead atoms. The van der Waals surface area contributed by atoms with Crippen molar-refractivity contribution in [3.05, 3.63) is 40.5 Å². The van der Waals surface area contributed by atoms with Crippen LogP contribution in [0.15, 0.2) is 24.5 Å². The maximum Gasteiger partial charge on any atom is 0.255 e. The Kier molecular flexibility index (Phi) is 5.09. The van der Waals surface area contributed by atoms with Gasteiger partial charge in [-0.2, -0.15) is 19.6 Å². The molecule has 1 fully saturated rings. The van der Waals surface area contributed by atoms with Gasteiger partial charge in [-0.05, 0) is 12.1 Å². The highest BCUT2D eigenvalue weighted by Crippen LogP contribution is 2.40. The van der Waals surface area contributed by atoms with Gasteiger partial charge in [-0.15, -0.1) is 0 Å². The van der Waals surface area contributed by atoms with E-state index in [1.807, 2.05) is 0 Å². The lowest BCUT2D eigenvalue weighted by Crippen LogP contribution is -2.41. The van der Waals surface area contributed by atoms with Crippen LogP contribution in [0.25, 0.3) is 16.9 Å². The zero-order valence-electron chi connectivity index (χ0n) is 15.0. The number of hydrogen-bond donors (Lipinski definition) is 1. The molecule has 3 heterocycles. The second kappa shape index (κ2) is 7.37. The Balaban J connectivity index is 1.83. The van der Waals surface area contributed by atoms with Crippen molar-refractivity contribution < 1.29 is 4.39 Å². The van der Waals surface area contributed by atoms with Crippen LogP contribution in [0, 0.1) is 5.82 Å². The van der Waals surface area contributed by atoms with Crippen LogP contribution in [0.2, 0.25) is 28.8 Å². The van der Waals surface area contributed by atoms with Crippen molar-refractivity contribution in [2.75, 3.05) is 11.5 Å². The maximum absolute atomic E-state index is 14.7. The Morgan fingerprint density at radius 1 is 1.19 bits per heavy atom. The van der Waals surface area contributed by atoms with Crippen LogP contribution in [-0.2, 0) is 0 Å². The molecule has 0 spiro atoms. The average molecular weight is 424 g/mol. The minimum absolute atomic E-state index is 0.153. The Hall–Kier alpha value is -1.70. The molecule has 0 atom stereocenters. The van der Waals surface area contributed by atoms with Gasteiger partial charge in [0.1, 0.15) is 23.1 Å². The Morgan fingerprint density at radius 2 is 1.96 bits per heavy atom. The third-order valence-corrected chi connectivity index (χ3v) is 10.1. The van der Waals surface area contributed by atoms with Crippen molar-refractivity contribution in [2.24, 2.45) is 0 Å². The van der Waals surface area contributed by atoms with Gasteiger partial charge in [0.15, 0.2) is 0 Å². The van der Waals surface area contributed by atoms with Gasteiger partial charge in [0.2, 0.25) is 0 Å². The number of halogens is 3.